The van der Waals surface area contributed by atoms with E-state index in [0.29, 0.717) is 0 Å². The van der Waals surface area contributed by atoms with Crippen LogP contribution >= 0.6 is 0 Å². The maximum absolute atomic E-state index is 6.28. The van der Waals surface area contributed by atoms with Crippen molar-refractivity contribution in [2.24, 2.45) is 11.7 Å². The summed E-state index contributed by atoms with van der Waals surface area (Å²) in [6.07, 6.45) is 7.94. The van der Waals surface area contributed by atoms with Crippen LogP contribution in [-0.2, 0) is 4.74 Å². The van der Waals surface area contributed by atoms with E-state index < -0.39 is 0 Å². The van der Waals surface area contributed by atoms with Gasteiger partial charge in [-0.3, -0.25) is 4.90 Å². The lowest BCUT2D eigenvalue weighted by Gasteiger charge is -2.56. The van der Waals surface area contributed by atoms with Gasteiger partial charge in [0, 0.05) is 25.2 Å². The molecule has 1 aliphatic carbocycles. The maximum atomic E-state index is 6.28. The van der Waals surface area contributed by atoms with Gasteiger partial charge in [-0.25, -0.2) is 0 Å². The minimum Gasteiger partial charge on any atom is -0.367 e. The van der Waals surface area contributed by atoms with Gasteiger partial charge in [0.15, 0.2) is 0 Å². The number of rotatable bonds is 4. The standard InChI is InChI=1S/C18H36N2O/c1-6-7-15-8-10-18(12-19,11-9-15)20-13-16(2,3)21-17(4,5)14-20/h15H,6-14,19H2,1-5H3. The number of ether oxygens (including phenoxy) is 1. The molecule has 0 atom stereocenters. The second kappa shape index (κ2) is 6.17. The molecule has 0 unspecified atom stereocenters. The molecule has 2 N–H and O–H groups in total. The Labute approximate surface area is 131 Å². The molecule has 2 rings (SSSR count). The molecule has 0 aromatic carbocycles. The minimum atomic E-state index is -0.0792. The fourth-order valence-corrected chi connectivity index (χ4v) is 4.68. The molecule has 0 amide bonds. The van der Waals surface area contributed by atoms with Gasteiger partial charge in [-0.2, -0.15) is 0 Å². The first kappa shape index (κ1) is 17.2. The molecule has 0 aromatic rings. The second-order valence-electron chi connectivity index (χ2n) is 8.64. The van der Waals surface area contributed by atoms with Crippen molar-refractivity contribution in [3.8, 4) is 0 Å². The lowest BCUT2D eigenvalue weighted by atomic mass is 9.73. The molecule has 1 saturated carbocycles. The van der Waals surface area contributed by atoms with Crippen molar-refractivity contribution in [2.75, 3.05) is 19.6 Å². The first-order valence-corrected chi connectivity index (χ1v) is 8.87. The molecule has 1 saturated heterocycles. The SMILES string of the molecule is CCCC1CCC(CN)(N2CC(C)(C)OC(C)(C)C2)CC1. The molecule has 1 aliphatic heterocycles. The molecule has 124 valence electrons. The molecule has 0 radical (unpaired) electrons. The summed E-state index contributed by atoms with van der Waals surface area (Å²) in [5, 5.41) is 0. The van der Waals surface area contributed by atoms with Crippen molar-refractivity contribution in [2.45, 2.75) is 89.9 Å². The molecule has 1 heterocycles. The van der Waals surface area contributed by atoms with E-state index in [9.17, 15) is 0 Å². The van der Waals surface area contributed by atoms with Crippen molar-refractivity contribution in [1.82, 2.24) is 4.90 Å². The molecular weight excluding hydrogens is 260 g/mol. The van der Waals surface area contributed by atoms with Gasteiger partial charge < -0.3 is 10.5 Å². The molecule has 3 heteroatoms. The van der Waals surface area contributed by atoms with E-state index in [4.69, 9.17) is 10.5 Å². The molecular formula is C18H36N2O. The fourth-order valence-electron chi connectivity index (χ4n) is 4.68. The van der Waals surface area contributed by atoms with E-state index in [0.717, 1.165) is 25.6 Å². The fraction of sp³-hybridized carbons (Fsp3) is 1.00. The molecule has 2 aliphatic rings. The number of nitrogens with two attached hydrogens (primary N) is 1. The molecule has 21 heavy (non-hydrogen) atoms. The van der Waals surface area contributed by atoms with Crippen LogP contribution in [0.4, 0.5) is 0 Å². The van der Waals surface area contributed by atoms with Gasteiger partial charge in [0.2, 0.25) is 0 Å². The summed E-state index contributed by atoms with van der Waals surface area (Å²) in [5.74, 6) is 0.928. The van der Waals surface area contributed by atoms with Crippen LogP contribution in [0, 0.1) is 5.92 Å². The summed E-state index contributed by atoms with van der Waals surface area (Å²) in [6.45, 7) is 14.0. The highest BCUT2D eigenvalue weighted by atomic mass is 16.5. The Hall–Kier alpha value is -0.120. The van der Waals surface area contributed by atoms with E-state index in [1.54, 1.807) is 0 Å². The van der Waals surface area contributed by atoms with Crippen molar-refractivity contribution >= 4 is 0 Å². The lowest BCUT2D eigenvalue weighted by molar-refractivity contribution is -0.202. The normalized spacial score (nSPS) is 36.6. The Morgan fingerprint density at radius 2 is 1.57 bits per heavy atom. The van der Waals surface area contributed by atoms with Gasteiger partial charge >= 0.3 is 0 Å². The van der Waals surface area contributed by atoms with Crippen LogP contribution < -0.4 is 5.73 Å². The van der Waals surface area contributed by atoms with Gasteiger partial charge in [0.1, 0.15) is 0 Å². The lowest BCUT2D eigenvalue weighted by Crippen LogP contribution is -2.66. The molecule has 0 bridgehead atoms. The summed E-state index contributed by atoms with van der Waals surface area (Å²) < 4.78 is 6.25. The van der Waals surface area contributed by atoms with Crippen molar-refractivity contribution in [3.63, 3.8) is 0 Å². The Morgan fingerprint density at radius 1 is 1.05 bits per heavy atom. The summed E-state index contributed by atoms with van der Waals surface area (Å²) >= 11 is 0. The van der Waals surface area contributed by atoms with Gasteiger partial charge in [0.25, 0.3) is 0 Å². The average Bonchev–Trinajstić information content (AvgIpc) is 2.36. The maximum Gasteiger partial charge on any atom is 0.0761 e. The van der Waals surface area contributed by atoms with Crippen LogP contribution in [0.25, 0.3) is 0 Å². The van der Waals surface area contributed by atoms with Crippen LogP contribution in [0.5, 0.6) is 0 Å². The first-order valence-electron chi connectivity index (χ1n) is 8.87. The zero-order valence-corrected chi connectivity index (χ0v) is 14.9. The highest BCUT2D eigenvalue weighted by molar-refractivity contribution is 5.02. The summed E-state index contributed by atoms with van der Waals surface area (Å²) in [4.78, 5) is 2.67. The van der Waals surface area contributed by atoms with Crippen LogP contribution in [0.1, 0.15) is 73.1 Å². The smallest absolute Gasteiger partial charge is 0.0761 e. The number of nitrogens with zero attached hydrogens (tertiary/aromatic N) is 1. The van der Waals surface area contributed by atoms with Gasteiger partial charge in [-0.15, -0.1) is 0 Å². The Bertz CT molecular complexity index is 327. The van der Waals surface area contributed by atoms with Crippen LogP contribution in [-0.4, -0.2) is 41.3 Å². The third kappa shape index (κ3) is 4.00. The van der Waals surface area contributed by atoms with E-state index in [-0.39, 0.29) is 16.7 Å². The van der Waals surface area contributed by atoms with Gasteiger partial charge in [-0.1, -0.05) is 19.8 Å². The first-order chi connectivity index (χ1) is 9.72. The van der Waals surface area contributed by atoms with Gasteiger partial charge in [-0.05, 0) is 59.3 Å². The zero-order chi connectivity index (χ0) is 15.7. The summed E-state index contributed by atoms with van der Waals surface area (Å²) in [6, 6.07) is 0. The van der Waals surface area contributed by atoms with E-state index in [2.05, 4.69) is 39.5 Å². The number of hydrogen-bond acceptors (Lipinski definition) is 3. The second-order valence-corrected chi connectivity index (χ2v) is 8.64. The van der Waals surface area contributed by atoms with E-state index in [1.807, 2.05) is 0 Å². The largest absolute Gasteiger partial charge is 0.367 e. The van der Waals surface area contributed by atoms with Crippen LogP contribution in [0.15, 0.2) is 0 Å². The van der Waals surface area contributed by atoms with Crippen molar-refractivity contribution < 1.29 is 4.74 Å². The van der Waals surface area contributed by atoms with Crippen LogP contribution in [0.2, 0.25) is 0 Å². The zero-order valence-electron chi connectivity index (χ0n) is 14.9. The van der Waals surface area contributed by atoms with Gasteiger partial charge in [0.05, 0.1) is 11.2 Å². The summed E-state index contributed by atoms with van der Waals surface area (Å²) in [5.41, 5.74) is 6.34. The summed E-state index contributed by atoms with van der Waals surface area (Å²) in [7, 11) is 0. The van der Waals surface area contributed by atoms with E-state index >= 15 is 0 Å². The highest BCUT2D eigenvalue weighted by Crippen LogP contribution is 2.41. The van der Waals surface area contributed by atoms with Crippen molar-refractivity contribution in [3.05, 3.63) is 0 Å². The molecule has 0 aromatic heterocycles. The minimum absolute atomic E-state index is 0.0792. The monoisotopic (exact) mass is 296 g/mol. The Balaban J connectivity index is 2.10. The molecule has 0 spiro atoms. The number of hydrogen-bond donors (Lipinski definition) is 1. The Kier molecular flexibility index (Phi) is 5.07. The average molecular weight is 296 g/mol. The predicted molar refractivity (Wildman–Crippen MR) is 89.5 cm³/mol. The predicted octanol–water partition coefficient (Wildman–Crippen LogP) is 3.56. The molecule has 2 fully saturated rings. The highest BCUT2D eigenvalue weighted by Gasteiger charge is 2.47. The number of morpholine rings is 1. The van der Waals surface area contributed by atoms with Crippen molar-refractivity contribution in [1.29, 1.82) is 0 Å². The Morgan fingerprint density at radius 3 is 2.00 bits per heavy atom. The molecule has 3 nitrogen and oxygen atoms in total. The van der Waals surface area contributed by atoms with E-state index in [1.165, 1.54) is 38.5 Å². The quantitative estimate of drug-likeness (QED) is 0.862. The van der Waals surface area contributed by atoms with Crippen LogP contribution in [0.3, 0.4) is 0 Å². The third-order valence-corrected chi connectivity index (χ3v) is 5.48. The third-order valence-electron chi connectivity index (χ3n) is 5.48. The topological polar surface area (TPSA) is 38.5 Å².